The Bertz CT molecular complexity index is 970. The van der Waals surface area contributed by atoms with Crippen LogP contribution in [0.15, 0.2) is 30.6 Å². The summed E-state index contributed by atoms with van der Waals surface area (Å²) in [5, 5.41) is 7.73. The lowest BCUT2D eigenvalue weighted by Crippen LogP contribution is -2.40. The maximum absolute atomic E-state index is 13.2. The monoisotopic (exact) mass is 378 g/mol. The second kappa shape index (κ2) is 7.37. The number of hydrogen-bond donors (Lipinski definition) is 1. The van der Waals surface area contributed by atoms with Crippen LogP contribution in [0.4, 0.5) is 0 Å². The number of hydrogen-bond acceptors (Lipinski definition) is 4. The molecule has 0 radical (unpaired) electrons. The fraction of sp³-hybridized carbons (Fsp3) is 0.524. The number of imidazole rings is 1. The number of piperidine rings is 1. The maximum Gasteiger partial charge on any atom is 0.270 e. The zero-order valence-electron chi connectivity index (χ0n) is 16.0. The molecule has 0 aromatic carbocycles. The first-order chi connectivity index (χ1) is 13.8. The Morgan fingerprint density at radius 3 is 2.82 bits per heavy atom. The van der Waals surface area contributed by atoms with E-state index >= 15 is 0 Å². The van der Waals surface area contributed by atoms with Crippen molar-refractivity contribution in [1.29, 1.82) is 0 Å². The van der Waals surface area contributed by atoms with Gasteiger partial charge in [-0.05, 0) is 37.8 Å². The van der Waals surface area contributed by atoms with Crippen LogP contribution in [0.2, 0.25) is 0 Å². The number of likely N-dealkylation sites (tertiary alicyclic amines) is 1. The molecular weight excluding hydrogens is 352 g/mol. The summed E-state index contributed by atoms with van der Waals surface area (Å²) < 4.78 is 1.86. The lowest BCUT2D eigenvalue weighted by atomic mass is 9.89. The van der Waals surface area contributed by atoms with Gasteiger partial charge in [0.25, 0.3) is 5.91 Å². The minimum Gasteiger partial charge on any atom is -0.337 e. The van der Waals surface area contributed by atoms with Crippen molar-refractivity contribution in [3.05, 3.63) is 47.9 Å². The van der Waals surface area contributed by atoms with Gasteiger partial charge in [0, 0.05) is 37.3 Å². The molecule has 1 saturated carbocycles. The predicted molar refractivity (Wildman–Crippen MR) is 105 cm³/mol. The number of amides is 1. The summed E-state index contributed by atoms with van der Waals surface area (Å²) in [6.07, 6.45) is 11.9. The normalized spacial score (nSPS) is 21.3. The Balaban J connectivity index is 1.33. The molecule has 3 aromatic rings. The number of H-pyrrole nitrogens is 1. The molecule has 7 nitrogen and oxygen atoms in total. The van der Waals surface area contributed by atoms with E-state index in [9.17, 15) is 4.79 Å². The number of nitrogens with zero attached hydrogens (tertiary/aromatic N) is 5. The molecule has 1 aliphatic heterocycles. The van der Waals surface area contributed by atoms with Crippen molar-refractivity contribution >= 4 is 11.6 Å². The fourth-order valence-corrected chi connectivity index (χ4v) is 4.69. The minimum absolute atomic E-state index is 0.0522. The molecule has 146 valence electrons. The average molecular weight is 378 g/mol. The van der Waals surface area contributed by atoms with Gasteiger partial charge >= 0.3 is 0 Å². The van der Waals surface area contributed by atoms with Crippen molar-refractivity contribution in [1.82, 2.24) is 29.5 Å². The molecule has 1 atom stereocenters. The summed E-state index contributed by atoms with van der Waals surface area (Å²) in [5.41, 5.74) is 1.46. The summed E-state index contributed by atoms with van der Waals surface area (Å²) in [7, 11) is 0. The van der Waals surface area contributed by atoms with E-state index < -0.39 is 0 Å². The molecule has 1 amide bonds. The Morgan fingerprint density at radius 1 is 1.07 bits per heavy atom. The summed E-state index contributed by atoms with van der Waals surface area (Å²) in [5.74, 6) is 2.69. The van der Waals surface area contributed by atoms with Crippen molar-refractivity contribution < 1.29 is 4.79 Å². The third-order valence-corrected chi connectivity index (χ3v) is 6.23. The van der Waals surface area contributed by atoms with E-state index in [0.29, 0.717) is 18.2 Å². The van der Waals surface area contributed by atoms with Crippen LogP contribution >= 0.6 is 0 Å². The highest BCUT2D eigenvalue weighted by Gasteiger charge is 2.29. The highest BCUT2D eigenvalue weighted by molar-refractivity contribution is 5.93. The zero-order valence-corrected chi connectivity index (χ0v) is 16.0. The van der Waals surface area contributed by atoms with E-state index in [0.717, 1.165) is 36.7 Å². The molecule has 2 fully saturated rings. The van der Waals surface area contributed by atoms with Gasteiger partial charge in [0.05, 0.1) is 0 Å². The molecule has 1 saturated heterocycles. The summed E-state index contributed by atoms with van der Waals surface area (Å²) >= 11 is 0. The molecule has 1 aliphatic carbocycles. The highest BCUT2D eigenvalue weighted by Crippen LogP contribution is 2.32. The first kappa shape index (κ1) is 17.4. The summed E-state index contributed by atoms with van der Waals surface area (Å²) in [4.78, 5) is 24.2. The van der Waals surface area contributed by atoms with Gasteiger partial charge in [0.1, 0.15) is 17.2 Å². The van der Waals surface area contributed by atoms with Gasteiger partial charge in [0.2, 0.25) is 0 Å². The average Bonchev–Trinajstić information content (AvgIpc) is 3.43. The highest BCUT2D eigenvalue weighted by atomic mass is 16.2. The number of fused-ring (bicyclic) bond motifs is 1. The third-order valence-electron chi connectivity index (χ3n) is 6.23. The summed E-state index contributed by atoms with van der Waals surface area (Å²) in [6, 6.07) is 5.67. The molecule has 28 heavy (non-hydrogen) atoms. The second-order valence-corrected chi connectivity index (χ2v) is 8.07. The van der Waals surface area contributed by atoms with Crippen LogP contribution < -0.4 is 0 Å². The van der Waals surface area contributed by atoms with Gasteiger partial charge in [0.15, 0.2) is 5.82 Å². The van der Waals surface area contributed by atoms with Crippen LogP contribution in [0.3, 0.4) is 0 Å². The van der Waals surface area contributed by atoms with E-state index in [-0.39, 0.29) is 11.8 Å². The van der Waals surface area contributed by atoms with Crippen LogP contribution in [0, 0.1) is 0 Å². The van der Waals surface area contributed by atoms with E-state index in [4.69, 9.17) is 4.98 Å². The molecule has 7 heteroatoms. The Hall–Kier alpha value is -2.70. The predicted octanol–water partition coefficient (Wildman–Crippen LogP) is 3.52. The number of pyridine rings is 1. The van der Waals surface area contributed by atoms with E-state index in [1.807, 2.05) is 33.7 Å². The van der Waals surface area contributed by atoms with Crippen LogP contribution in [-0.4, -0.2) is 48.5 Å². The molecule has 2 aliphatic rings. The number of aromatic nitrogens is 5. The van der Waals surface area contributed by atoms with Crippen LogP contribution in [-0.2, 0) is 0 Å². The lowest BCUT2D eigenvalue weighted by Gasteiger charge is -2.31. The number of carbonyl (C=O) groups excluding carboxylic acids is 1. The first-order valence-electron chi connectivity index (χ1n) is 10.4. The van der Waals surface area contributed by atoms with Gasteiger partial charge in [-0.25, -0.2) is 9.97 Å². The van der Waals surface area contributed by atoms with Crippen molar-refractivity contribution in [2.75, 3.05) is 13.1 Å². The van der Waals surface area contributed by atoms with Crippen LogP contribution in [0.25, 0.3) is 5.65 Å². The SMILES string of the molecule is O=C(c1cccc2nccn12)N1CCC[C@H](c2n[nH]c(C3CCCCC3)n2)C1. The number of nitrogens with one attached hydrogen (secondary N) is 1. The zero-order chi connectivity index (χ0) is 18.9. The molecular formula is C21H26N6O. The smallest absolute Gasteiger partial charge is 0.270 e. The largest absolute Gasteiger partial charge is 0.337 e. The number of carbonyl (C=O) groups is 1. The topological polar surface area (TPSA) is 79.2 Å². The molecule has 3 aromatic heterocycles. The lowest BCUT2D eigenvalue weighted by molar-refractivity contribution is 0.0697. The molecule has 0 bridgehead atoms. The molecule has 4 heterocycles. The minimum atomic E-state index is 0.0522. The molecule has 0 spiro atoms. The van der Waals surface area contributed by atoms with E-state index in [1.165, 1.54) is 32.1 Å². The van der Waals surface area contributed by atoms with Crippen LogP contribution in [0.5, 0.6) is 0 Å². The molecule has 5 rings (SSSR count). The third kappa shape index (κ3) is 3.19. The van der Waals surface area contributed by atoms with Gasteiger partial charge in [-0.2, -0.15) is 5.10 Å². The first-order valence-corrected chi connectivity index (χ1v) is 10.4. The molecule has 0 unspecified atom stereocenters. The quantitative estimate of drug-likeness (QED) is 0.756. The van der Waals surface area contributed by atoms with Crippen molar-refractivity contribution in [3.63, 3.8) is 0 Å². The second-order valence-electron chi connectivity index (χ2n) is 8.07. The van der Waals surface area contributed by atoms with Crippen molar-refractivity contribution in [2.24, 2.45) is 0 Å². The van der Waals surface area contributed by atoms with Gasteiger partial charge in [-0.1, -0.05) is 25.3 Å². The van der Waals surface area contributed by atoms with Gasteiger partial charge in [-0.15, -0.1) is 0 Å². The van der Waals surface area contributed by atoms with E-state index in [2.05, 4.69) is 15.2 Å². The van der Waals surface area contributed by atoms with Gasteiger partial charge in [-0.3, -0.25) is 14.3 Å². The standard InChI is InChI=1S/C21H26N6O/c28-21(17-9-4-10-18-22-11-13-27(17)18)26-12-5-8-16(14-26)20-23-19(24-25-20)15-6-2-1-3-7-15/h4,9-11,13,15-16H,1-3,5-8,12,14H2,(H,23,24,25)/t16-/m0/s1. The fourth-order valence-electron chi connectivity index (χ4n) is 4.69. The van der Waals surface area contributed by atoms with Crippen molar-refractivity contribution in [2.45, 2.75) is 56.8 Å². The summed E-state index contributed by atoms with van der Waals surface area (Å²) in [6.45, 7) is 1.45. The maximum atomic E-state index is 13.2. The van der Waals surface area contributed by atoms with Crippen molar-refractivity contribution in [3.8, 4) is 0 Å². The van der Waals surface area contributed by atoms with E-state index in [1.54, 1.807) is 6.20 Å². The Labute approximate surface area is 164 Å². The van der Waals surface area contributed by atoms with Gasteiger partial charge < -0.3 is 4.90 Å². The Morgan fingerprint density at radius 2 is 1.93 bits per heavy atom. The Kier molecular flexibility index (Phi) is 4.58. The molecule has 1 N–H and O–H groups in total. The number of aromatic amines is 1. The van der Waals surface area contributed by atoms with Crippen LogP contribution in [0.1, 0.15) is 78.9 Å². The number of rotatable bonds is 3.